The van der Waals surface area contributed by atoms with Crippen LogP contribution in [-0.4, -0.2) is 0 Å². The zero-order valence-corrected chi connectivity index (χ0v) is 21.1. The molecule has 11 heteroatoms. The maximum absolute atomic E-state index is 12.9. The molecule has 0 aliphatic rings. The van der Waals surface area contributed by atoms with Gasteiger partial charge in [-0.15, -0.1) is 0 Å². The Morgan fingerprint density at radius 2 is 0.730 bits per heavy atom. The monoisotopic (exact) mass is 594 g/mol. The fraction of sp³-hybridized carbons (Fsp3) is 0.0769. The van der Waals surface area contributed by atoms with E-state index in [0.29, 0.717) is 33.8 Å². The average molecular weight is 596 g/mol. The molecular formula is C26H12Cl4F6O. The summed E-state index contributed by atoms with van der Waals surface area (Å²) in [6.07, 6.45) is -9.06. The quantitative estimate of drug-likeness (QED) is 0.213. The van der Waals surface area contributed by atoms with Gasteiger partial charge in [0.15, 0.2) is 0 Å². The Balaban J connectivity index is 1.57. The van der Waals surface area contributed by atoms with Crippen LogP contribution in [0.2, 0.25) is 20.1 Å². The van der Waals surface area contributed by atoms with Crippen molar-refractivity contribution >= 4 is 46.4 Å². The van der Waals surface area contributed by atoms with Crippen molar-refractivity contribution in [3.8, 4) is 33.8 Å². The van der Waals surface area contributed by atoms with Gasteiger partial charge in [0.25, 0.3) is 0 Å². The molecule has 0 aliphatic heterocycles. The van der Waals surface area contributed by atoms with Gasteiger partial charge in [0.1, 0.15) is 11.5 Å². The number of hydrogen-bond donors (Lipinski definition) is 0. The Morgan fingerprint density at radius 3 is 1.00 bits per heavy atom. The van der Waals surface area contributed by atoms with Crippen LogP contribution in [0, 0.1) is 0 Å². The summed E-state index contributed by atoms with van der Waals surface area (Å²) < 4.78 is 83.2. The average Bonchev–Trinajstić information content (AvgIpc) is 2.79. The van der Waals surface area contributed by atoms with Crippen LogP contribution < -0.4 is 4.74 Å². The lowest BCUT2D eigenvalue weighted by molar-refractivity contribution is -0.138. The highest BCUT2D eigenvalue weighted by molar-refractivity contribution is 6.37. The van der Waals surface area contributed by atoms with Crippen LogP contribution in [0.1, 0.15) is 11.1 Å². The van der Waals surface area contributed by atoms with Crippen molar-refractivity contribution in [2.45, 2.75) is 12.4 Å². The molecule has 0 N–H and O–H groups in total. The summed E-state index contributed by atoms with van der Waals surface area (Å²) in [6, 6.07) is 15.0. The van der Waals surface area contributed by atoms with Crippen molar-refractivity contribution in [3.05, 3.63) is 104 Å². The third kappa shape index (κ3) is 6.12. The van der Waals surface area contributed by atoms with Gasteiger partial charge in [-0.25, -0.2) is 0 Å². The van der Waals surface area contributed by atoms with Crippen LogP contribution in [0.3, 0.4) is 0 Å². The number of rotatable bonds is 4. The molecule has 0 aromatic heterocycles. The second-order valence-electron chi connectivity index (χ2n) is 7.77. The molecule has 0 unspecified atom stereocenters. The van der Waals surface area contributed by atoms with Crippen molar-refractivity contribution in [1.29, 1.82) is 0 Å². The van der Waals surface area contributed by atoms with Gasteiger partial charge in [0.2, 0.25) is 0 Å². The second kappa shape index (κ2) is 10.3. The molecule has 37 heavy (non-hydrogen) atoms. The standard InChI is InChI=1S/C26H12Cl4F6O/c27-21-9-13(25(31,32)33)1-5-17(21)19-7-3-15(11-23(19)29)37-16-4-8-20(24(30)12-16)18-6-2-14(10-22(18)28)26(34,35)36/h1-12H. The molecule has 0 radical (unpaired) electrons. The number of ether oxygens (including phenoxy) is 1. The maximum atomic E-state index is 12.9. The van der Waals surface area contributed by atoms with Gasteiger partial charge in [-0.3, -0.25) is 0 Å². The molecule has 4 rings (SSSR count). The fourth-order valence-corrected chi connectivity index (χ4v) is 4.62. The van der Waals surface area contributed by atoms with Gasteiger partial charge >= 0.3 is 12.4 Å². The first-order chi connectivity index (χ1) is 17.2. The van der Waals surface area contributed by atoms with Gasteiger partial charge in [-0.05, 0) is 48.5 Å². The Hall–Kier alpha value is -2.58. The van der Waals surface area contributed by atoms with Gasteiger partial charge < -0.3 is 4.74 Å². The molecule has 0 heterocycles. The Labute approximate surface area is 227 Å². The summed E-state index contributed by atoms with van der Waals surface area (Å²) in [5.41, 5.74) is -0.333. The minimum atomic E-state index is -4.53. The smallest absolute Gasteiger partial charge is 0.416 e. The second-order valence-corrected chi connectivity index (χ2v) is 9.40. The van der Waals surface area contributed by atoms with Gasteiger partial charge in [0, 0.05) is 44.4 Å². The minimum absolute atomic E-state index is 0.116. The molecule has 4 aromatic rings. The van der Waals surface area contributed by atoms with Gasteiger partial charge in [-0.2, -0.15) is 26.3 Å². The largest absolute Gasteiger partial charge is 0.457 e. The number of alkyl halides is 6. The predicted octanol–water partition coefficient (Wildman–Crippen LogP) is 11.5. The molecule has 0 saturated heterocycles. The van der Waals surface area contributed by atoms with Crippen LogP contribution >= 0.6 is 46.4 Å². The van der Waals surface area contributed by atoms with E-state index in [4.69, 9.17) is 51.1 Å². The SMILES string of the molecule is FC(F)(F)c1ccc(-c2ccc(Oc3ccc(-c4ccc(C(F)(F)F)cc4Cl)c(Cl)c3)cc2Cl)c(Cl)c1. The van der Waals surface area contributed by atoms with E-state index in [1.807, 2.05) is 0 Å². The first-order valence-corrected chi connectivity index (χ1v) is 11.8. The van der Waals surface area contributed by atoms with E-state index in [0.717, 1.165) is 24.3 Å². The van der Waals surface area contributed by atoms with Crippen molar-refractivity contribution in [2.75, 3.05) is 0 Å². The van der Waals surface area contributed by atoms with E-state index in [2.05, 4.69) is 0 Å². The summed E-state index contributed by atoms with van der Waals surface area (Å²) in [5.74, 6) is 0.598. The van der Waals surface area contributed by atoms with E-state index >= 15 is 0 Å². The molecule has 0 saturated carbocycles. The highest BCUT2D eigenvalue weighted by Gasteiger charge is 2.32. The van der Waals surface area contributed by atoms with E-state index in [1.165, 1.54) is 24.3 Å². The van der Waals surface area contributed by atoms with E-state index in [-0.39, 0.29) is 20.1 Å². The normalized spacial score (nSPS) is 12.1. The van der Waals surface area contributed by atoms with Crippen LogP contribution in [0.15, 0.2) is 72.8 Å². The molecule has 0 amide bonds. The minimum Gasteiger partial charge on any atom is -0.457 e. The fourth-order valence-electron chi connectivity index (χ4n) is 3.51. The Kier molecular flexibility index (Phi) is 7.64. The van der Waals surface area contributed by atoms with Crippen LogP contribution in [0.5, 0.6) is 11.5 Å². The summed E-state index contributed by atoms with van der Waals surface area (Å²) in [7, 11) is 0. The van der Waals surface area contributed by atoms with Crippen molar-refractivity contribution in [3.63, 3.8) is 0 Å². The zero-order valence-electron chi connectivity index (χ0n) is 18.1. The molecule has 0 bridgehead atoms. The Morgan fingerprint density at radius 1 is 0.432 bits per heavy atom. The van der Waals surface area contributed by atoms with Crippen LogP contribution in [0.4, 0.5) is 26.3 Å². The lowest BCUT2D eigenvalue weighted by atomic mass is 10.0. The van der Waals surface area contributed by atoms with Crippen molar-refractivity contribution < 1.29 is 31.1 Å². The first-order valence-electron chi connectivity index (χ1n) is 10.3. The molecular weight excluding hydrogens is 584 g/mol. The molecule has 0 aliphatic carbocycles. The van der Waals surface area contributed by atoms with E-state index in [1.54, 1.807) is 24.3 Å². The van der Waals surface area contributed by atoms with Gasteiger partial charge in [0.05, 0.1) is 21.2 Å². The molecule has 0 fully saturated rings. The number of hydrogen-bond acceptors (Lipinski definition) is 1. The lowest BCUT2D eigenvalue weighted by Crippen LogP contribution is -2.04. The van der Waals surface area contributed by atoms with Crippen LogP contribution in [-0.2, 0) is 12.4 Å². The summed E-state index contributed by atoms with van der Waals surface area (Å²) in [5, 5.41) is 0.126. The highest BCUT2D eigenvalue weighted by Crippen LogP contribution is 2.41. The summed E-state index contributed by atoms with van der Waals surface area (Å²) >= 11 is 24.8. The van der Waals surface area contributed by atoms with Gasteiger partial charge in [-0.1, -0.05) is 58.5 Å². The molecule has 192 valence electrons. The van der Waals surface area contributed by atoms with Crippen molar-refractivity contribution in [1.82, 2.24) is 0 Å². The Bertz CT molecular complexity index is 1370. The lowest BCUT2D eigenvalue weighted by Gasteiger charge is -2.14. The predicted molar refractivity (Wildman–Crippen MR) is 134 cm³/mol. The molecule has 1 nitrogen and oxygen atoms in total. The zero-order chi connectivity index (χ0) is 27.1. The van der Waals surface area contributed by atoms with E-state index in [9.17, 15) is 26.3 Å². The molecule has 0 atom stereocenters. The number of benzene rings is 4. The third-order valence-corrected chi connectivity index (χ3v) is 6.54. The van der Waals surface area contributed by atoms with Crippen LogP contribution in [0.25, 0.3) is 22.3 Å². The topological polar surface area (TPSA) is 9.23 Å². The molecule has 4 aromatic carbocycles. The maximum Gasteiger partial charge on any atom is 0.416 e. The summed E-state index contributed by atoms with van der Waals surface area (Å²) in [6.45, 7) is 0. The molecule has 0 spiro atoms. The van der Waals surface area contributed by atoms with Crippen molar-refractivity contribution in [2.24, 2.45) is 0 Å². The summed E-state index contributed by atoms with van der Waals surface area (Å²) in [4.78, 5) is 0. The van der Waals surface area contributed by atoms with E-state index < -0.39 is 23.5 Å². The first kappa shape index (κ1) is 27.5. The third-order valence-electron chi connectivity index (χ3n) is 5.29. The highest BCUT2D eigenvalue weighted by atomic mass is 35.5. The number of halogens is 10.